The van der Waals surface area contributed by atoms with E-state index in [0.717, 1.165) is 10.6 Å². The van der Waals surface area contributed by atoms with Crippen molar-refractivity contribution in [3.63, 3.8) is 0 Å². The molecule has 3 aromatic rings. The average molecular weight is 483 g/mol. The van der Waals surface area contributed by atoms with Gasteiger partial charge in [-0.15, -0.1) is 23.4 Å². The SMILES string of the molecule is C=C.Cc1nnc2n1C(CC(F)(F)F)=C(/C(F)=C(/F)Cc1cc(F)cc3[nH]ccc13)NC2(C)C. The summed E-state index contributed by atoms with van der Waals surface area (Å²) in [6, 6.07) is 3.86. The van der Waals surface area contributed by atoms with E-state index in [1.165, 1.54) is 19.2 Å². The first-order chi connectivity index (χ1) is 15.9. The Hall–Kier alpha value is -3.50. The fraction of sp³-hybridized carbons (Fsp3) is 0.304. The third-order valence-electron chi connectivity index (χ3n) is 5.27. The highest BCUT2D eigenvalue weighted by Gasteiger charge is 2.41. The van der Waals surface area contributed by atoms with E-state index < -0.39 is 53.4 Å². The van der Waals surface area contributed by atoms with Gasteiger partial charge in [0, 0.05) is 23.5 Å². The Bertz CT molecular complexity index is 1280. The van der Waals surface area contributed by atoms with Crippen LogP contribution in [0.15, 0.2) is 54.9 Å². The van der Waals surface area contributed by atoms with Crippen LogP contribution in [0.1, 0.15) is 37.5 Å². The van der Waals surface area contributed by atoms with E-state index in [1.807, 2.05) is 0 Å². The van der Waals surface area contributed by atoms with Crippen LogP contribution in [0.25, 0.3) is 16.6 Å². The summed E-state index contributed by atoms with van der Waals surface area (Å²) in [5, 5.41) is 10.8. The molecule has 1 aromatic carbocycles. The molecule has 0 radical (unpaired) electrons. The molecule has 1 aliphatic heterocycles. The van der Waals surface area contributed by atoms with E-state index in [9.17, 15) is 17.6 Å². The van der Waals surface area contributed by atoms with Crippen LogP contribution >= 0.6 is 0 Å². The van der Waals surface area contributed by atoms with Gasteiger partial charge in [-0.2, -0.15) is 13.2 Å². The van der Waals surface area contributed by atoms with Gasteiger partial charge in [-0.3, -0.25) is 4.57 Å². The number of H-pyrrole nitrogens is 1. The van der Waals surface area contributed by atoms with Gasteiger partial charge in [-0.25, -0.2) is 13.2 Å². The number of aryl methyl sites for hydroxylation is 1. The molecule has 0 saturated carbocycles. The van der Waals surface area contributed by atoms with E-state index >= 15 is 8.78 Å². The summed E-state index contributed by atoms with van der Waals surface area (Å²) in [5.41, 5.74) is -1.76. The number of aromatic amines is 1. The number of halogens is 6. The van der Waals surface area contributed by atoms with Crippen LogP contribution in [-0.4, -0.2) is 25.9 Å². The van der Waals surface area contributed by atoms with Crippen LogP contribution in [0.4, 0.5) is 26.3 Å². The Balaban J connectivity index is 0.00000158. The summed E-state index contributed by atoms with van der Waals surface area (Å²) in [5.74, 6) is -3.21. The number of benzene rings is 1. The normalized spacial score (nSPS) is 15.9. The molecule has 0 amide bonds. The van der Waals surface area contributed by atoms with Crippen molar-refractivity contribution < 1.29 is 26.3 Å². The second-order valence-electron chi connectivity index (χ2n) is 8.17. The maximum Gasteiger partial charge on any atom is 0.394 e. The van der Waals surface area contributed by atoms with E-state index in [0.29, 0.717) is 10.9 Å². The number of allylic oxidation sites excluding steroid dienone is 3. The first-order valence-electron chi connectivity index (χ1n) is 10.2. The number of aromatic nitrogens is 4. The van der Waals surface area contributed by atoms with Crippen LogP contribution in [0, 0.1) is 12.7 Å². The monoisotopic (exact) mass is 483 g/mol. The maximum absolute atomic E-state index is 15.4. The Morgan fingerprint density at radius 3 is 2.47 bits per heavy atom. The van der Waals surface area contributed by atoms with Crippen molar-refractivity contribution in [2.75, 3.05) is 0 Å². The Morgan fingerprint density at radius 1 is 1.15 bits per heavy atom. The Morgan fingerprint density at radius 2 is 1.82 bits per heavy atom. The van der Waals surface area contributed by atoms with Gasteiger partial charge in [0.05, 0.1) is 23.4 Å². The zero-order chi connectivity index (χ0) is 25.4. The van der Waals surface area contributed by atoms with Gasteiger partial charge in [0.15, 0.2) is 11.7 Å². The summed E-state index contributed by atoms with van der Waals surface area (Å²) < 4.78 is 85.4. The van der Waals surface area contributed by atoms with Crippen LogP contribution in [-0.2, 0) is 12.0 Å². The molecule has 1 aliphatic rings. The minimum Gasteiger partial charge on any atom is -0.369 e. The van der Waals surface area contributed by atoms with Gasteiger partial charge in [-0.1, -0.05) is 0 Å². The van der Waals surface area contributed by atoms with Crippen LogP contribution in [0.5, 0.6) is 0 Å². The predicted molar refractivity (Wildman–Crippen MR) is 117 cm³/mol. The lowest BCUT2D eigenvalue weighted by atomic mass is 9.98. The summed E-state index contributed by atoms with van der Waals surface area (Å²) >= 11 is 0. The number of nitrogens with zero attached hydrogens (tertiary/aromatic N) is 3. The highest BCUT2D eigenvalue weighted by molar-refractivity contribution is 5.83. The highest BCUT2D eigenvalue weighted by Crippen LogP contribution is 2.40. The van der Waals surface area contributed by atoms with Crippen molar-refractivity contribution in [1.29, 1.82) is 0 Å². The van der Waals surface area contributed by atoms with Gasteiger partial charge < -0.3 is 10.3 Å². The van der Waals surface area contributed by atoms with E-state index in [2.05, 4.69) is 33.7 Å². The zero-order valence-corrected chi connectivity index (χ0v) is 18.7. The number of hydrogen-bond acceptors (Lipinski definition) is 3. The minimum atomic E-state index is -4.70. The van der Waals surface area contributed by atoms with E-state index in [-0.39, 0.29) is 17.2 Å². The molecule has 0 unspecified atom stereocenters. The van der Waals surface area contributed by atoms with Crippen molar-refractivity contribution in [3.8, 4) is 0 Å². The lowest BCUT2D eigenvalue weighted by Gasteiger charge is -2.35. The summed E-state index contributed by atoms with van der Waals surface area (Å²) in [6.45, 7) is 10.6. The van der Waals surface area contributed by atoms with Crippen molar-refractivity contribution >= 4 is 16.6 Å². The lowest BCUT2D eigenvalue weighted by Crippen LogP contribution is -2.44. The van der Waals surface area contributed by atoms with E-state index in [4.69, 9.17) is 0 Å². The first-order valence-corrected chi connectivity index (χ1v) is 10.2. The van der Waals surface area contributed by atoms with Gasteiger partial charge >= 0.3 is 6.18 Å². The smallest absolute Gasteiger partial charge is 0.369 e. The van der Waals surface area contributed by atoms with Gasteiger partial charge in [0.25, 0.3) is 0 Å². The molecule has 0 bridgehead atoms. The van der Waals surface area contributed by atoms with Crippen LogP contribution in [0.3, 0.4) is 0 Å². The maximum atomic E-state index is 15.4. The zero-order valence-electron chi connectivity index (χ0n) is 18.7. The molecule has 5 nitrogen and oxygen atoms in total. The van der Waals surface area contributed by atoms with E-state index in [1.54, 1.807) is 19.9 Å². The fourth-order valence-corrected chi connectivity index (χ4v) is 3.91. The summed E-state index contributed by atoms with van der Waals surface area (Å²) in [6.07, 6.45) is -5.34. The second-order valence-corrected chi connectivity index (χ2v) is 8.17. The molecule has 2 N–H and O–H groups in total. The topological polar surface area (TPSA) is 58.5 Å². The second kappa shape index (κ2) is 9.03. The predicted octanol–water partition coefficient (Wildman–Crippen LogP) is 6.36. The molecule has 34 heavy (non-hydrogen) atoms. The molecule has 182 valence electrons. The van der Waals surface area contributed by atoms with Crippen molar-refractivity contribution in [2.45, 2.75) is 45.3 Å². The van der Waals surface area contributed by atoms with Crippen molar-refractivity contribution in [1.82, 2.24) is 25.1 Å². The molecule has 0 saturated heterocycles. The van der Waals surface area contributed by atoms with Crippen LogP contribution < -0.4 is 5.32 Å². The standard InChI is InChI=1S/C21H19F6N5.C2H4/c1-10-30-31-19-20(2,3)29-18(16(32(10)19)9-21(25,26)27)17(24)14(23)7-11-6-12(22)8-15-13(11)4-5-28-15;1-2/h4-6,8,28-29H,7,9H2,1-3H3;1-2H2/b17-14-;. The molecular weight excluding hydrogens is 460 g/mol. The summed E-state index contributed by atoms with van der Waals surface area (Å²) in [7, 11) is 0. The lowest BCUT2D eigenvalue weighted by molar-refractivity contribution is -0.124. The largest absolute Gasteiger partial charge is 0.394 e. The molecule has 2 aromatic heterocycles. The molecule has 0 fully saturated rings. The minimum absolute atomic E-state index is 0.110. The first kappa shape index (κ1) is 25.1. The number of hydrogen-bond donors (Lipinski definition) is 2. The fourth-order valence-electron chi connectivity index (χ4n) is 3.91. The van der Waals surface area contributed by atoms with Crippen molar-refractivity contribution in [3.05, 3.63) is 77.9 Å². The molecule has 0 aliphatic carbocycles. The number of alkyl halides is 3. The van der Waals surface area contributed by atoms with Gasteiger partial charge in [-0.05, 0) is 44.5 Å². The Labute approximate surface area is 191 Å². The molecule has 0 spiro atoms. The van der Waals surface area contributed by atoms with Gasteiger partial charge in [0.2, 0.25) is 0 Å². The number of fused-ring (bicyclic) bond motifs is 2. The van der Waals surface area contributed by atoms with Crippen LogP contribution in [0.2, 0.25) is 0 Å². The Kier molecular flexibility index (Phi) is 6.68. The molecule has 3 heterocycles. The highest BCUT2D eigenvalue weighted by atomic mass is 19.4. The third-order valence-corrected chi connectivity index (χ3v) is 5.27. The average Bonchev–Trinajstić information content (AvgIpc) is 3.37. The van der Waals surface area contributed by atoms with Crippen molar-refractivity contribution in [2.24, 2.45) is 0 Å². The number of rotatable bonds is 4. The summed E-state index contributed by atoms with van der Waals surface area (Å²) in [4.78, 5) is 2.79. The third kappa shape index (κ3) is 4.73. The molecule has 0 atom stereocenters. The molecular formula is C23H23F6N5. The van der Waals surface area contributed by atoms with Gasteiger partial charge in [0.1, 0.15) is 17.5 Å². The number of nitrogens with one attached hydrogen (secondary N) is 2. The quantitative estimate of drug-likeness (QED) is 0.335. The molecule has 4 rings (SSSR count). The molecule has 11 heteroatoms.